The normalized spacial score (nSPS) is 17.1. The highest BCUT2D eigenvalue weighted by Gasteiger charge is 2.41. The van der Waals surface area contributed by atoms with Gasteiger partial charge in [-0.25, -0.2) is 34.7 Å². The SMILES string of the molecule is Cc1cc(-c2ccc3c(n2)N(C(=O)Nc2cnc(C(F)(F)F)cn2)[C@H]2CCN3C2)ccn1.Cc1cc(-c2ccc3c(n2)N[C@H]2CCN3C2)ccn1.Nc1cnc(C(F)(F)F)cn1. The van der Waals surface area contributed by atoms with Gasteiger partial charge in [0.05, 0.1) is 53.6 Å². The molecule has 10 heterocycles. The predicted octanol–water partition coefficient (Wildman–Crippen LogP) is 7.43. The van der Waals surface area contributed by atoms with Crippen LogP contribution in [0.1, 0.15) is 35.6 Å². The largest absolute Gasteiger partial charge is 0.434 e. The van der Waals surface area contributed by atoms with Crippen LogP contribution in [-0.2, 0) is 12.4 Å². The summed E-state index contributed by atoms with van der Waals surface area (Å²) in [6.45, 7) is 7.60. The zero-order valence-corrected chi connectivity index (χ0v) is 33.2. The van der Waals surface area contributed by atoms with Gasteiger partial charge >= 0.3 is 18.4 Å². The molecule has 62 heavy (non-hydrogen) atoms. The number of nitrogens with zero attached hydrogens (tertiary/aromatic N) is 11. The first-order chi connectivity index (χ1) is 29.6. The van der Waals surface area contributed by atoms with E-state index in [1.165, 1.54) is 12.1 Å². The number of carbonyl (C=O) groups is 1. The first-order valence-corrected chi connectivity index (χ1v) is 19.4. The van der Waals surface area contributed by atoms with Gasteiger partial charge < -0.3 is 20.9 Å². The van der Waals surface area contributed by atoms with E-state index in [1.54, 1.807) is 11.1 Å². The van der Waals surface area contributed by atoms with Gasteiger partial charge in [0, 0.05) is 67.1 Å². The van der Waals surface area contributed by atoms with Crippen molar-refractivity contribution in [3.05, 3.63) is 108 Å². The number of carbonyl (C=O) groups excluding carboxylic acids is 1. The molecule has 320 valence electrons. The third-order valence-corrected chi connectivity index (χ3v) is 10.4. The van der Waals surface area contributed by atoms with Gasteiger partial charge in [-0.2, -0.15) is 26.3 Å². The second-order valence-corrected chi connectivity index (χ2v) is 14.8. The number of alkyl halides is 6. The molecule has 0 spiro atoms. The molecular formula is C41H38F6N14O. The maximum atomic E-state index is 13.2. The molecule has 2 atom stereocenters. The number of hydrogen-bond acceptors (Lipinski definition) is 13. The molecule has 4 N–H and O–H groups in total. The summed E-state index contributed by atoms with van der Waals surface area (Å²) in [5.74, 6) is 1.44. The fourth-order valence-corrected chi connectivity index (χ4v) is 7.50. The zero-order chi connectivity index (χ0) is 43.8. The van der Waals surface area contributed by atoms with E-state index in [-0.39, 0.29) is 17.7 Å². The topological polar surface area (TPSA) is 180 Å². The molecule has 21 heteroatoms. The lowest BCUT2D eigenvalue weighted by Crippen LogP contribution is -2.48. The minimum atomic E-state index is -4.60. The molecule has 10 rings (SSSR count). The number of hydrogen-bond donors (Lipinski definition) is 3. The average molecular weight is 857 g/mol. The third-order valence-electron chi connectivity index (χ3n) is 10.4. The Bertz CT molecular complexity index is 2580. The summed E-state index contributed by atoms with van der Waals surface area (Å²) in [4.78, 5) is 50.6. The smallest absolute Gasteiger partial charge is 0.382 e. The van der Waals surface area contributed by atoms with Gasteiger partial charge in [-0.15, -0.1) is 0 Å². The molecular weight excluding hydrogens is 819 g/mol. The first kappa shape index (κ1) is 41.5. The van der Waals surface area contributed by atoms with Gasteiger partial charge in [0.15, 0.2) is 28.8 Å². The number of halogens is 6. The lowest BCUT2D eigenvalue weighted by atomic mass is 10.1. The van der Waals surface area contributed by atoms with E-state index in [0.717, 1.165) is 78.2 Å². The molecule has 0 aromatic carbocycles. The van der Waals surface area contributed by atoms with Crippen molar-refractivity contribution in [3.63, 3.8) is 0 Å². The molecule has 0 saturated carbocycles. The van der Waals surface area contributed by atoms with Crippen molar-refractivity contribution in [2.24, 2.45) is 0 Å². The number of aromatic nitrogens is 8. The third kappa shape index (κ3) is 9.10. The van der Waals surface area contributed by atoms with E-state index in [9.17, 15) is 31.1 Å². The number of urea groups is 1. The Balaban J connectivity index is 0.000000148. The maximum Gasteiger partial charge on any atom is 0.434 e. The summed E-state index contributed by atoms with van der Waals surface area (Å²) in [6, 6.07) is 15.9. The van der Waals surface area contributed by atoms with Gasteiger partial charge in [-0.1, -0.05) is 0 Å². The van der Waals surface area contributed by atoms with E-state index < -0.39 is 29.8 Å². The van der Waals surface area contributed by atoms with E-state index in [1.807, 2.05) is 50.4 Å². The molecule has 0 radical (unpaired) electrons. The van der Waals surface area contributed by atoms with Crippen LogP contribution < -0.4 is 31.1 Å². The summed E-state index contributed by atoms with van der Waals surface area (Å²) in [5.41, 5.74) is 10.5. The lowest BCUT2D eigenvalue weighted by molar-refractivity contribution is -0.142. The highest BCUT2D eigenvalue weighted by molar-refractivity contribution is 6.04. The van der Waals surface area contributed by atoms with Gasteiger partial charge in [0.25, 0.3) is 0 Å². The number of nitrogens with one attached hydrogen (secondary N) is 2. The van der Waals surface area contributed by atoms with Crippen molar-refractivity contribution >= 4 is 40.7 Å². The van der Waals surface area contributed by atoms with E-state index in [2.05, 4.69) is 68.5 Å². The number of fused-ring (bicyclic) bond motifs is 8. The summed E-state index contributed by atoms with van der Waals surface area (Å²) >= 11 is 0. The maximum absolute atomic E-state index is 13.2. The van der Waals surface area contributed by atoms with Crippen LogP contribution in [0.5, 0.6) is 0 Å². The quantitative estimate of drug-likeness (QED) is 0.150. The van der Waals surface area contributed by atoms with Crippen LogP contribution in [0.15, 0.2) is 85.7 Å². The number of nitrogens with two attached hydrogens (primary N) is 1. The van der Waals surface area contributed by atoms with Gasteiger partial charge in [-0.3, -0.25) is 20.2 Å². The van der Waals surface area contributed by atoms with Crippen molar-refractivity contribution in [1.29, 1.82) is 0 Å². The molecule has 4 aliphatic heterocycles. The predicted molar refractivity (Wildman–Crippen MR) is 219 cm³/mol. The standard InChI is InChI=1S/C21H18F3N7O.C15H16N4.C5H4F3N3/c1-12-8-13(4-6-25-12)15-2-3-16-19(28-15)31(14-5-7-30(16)11-14)20(32)29-18-10-26-17(9-27-18)21(22,23)24;1-10-8-11(4-6-16-10)13-2-3-14-15(18-13)17-12-5-7-19(14)9-12;6-5(7,8)3-1-11-4(9)2-10-3/h2-4,6,8-10,14H,5,7,11H2,1H3,(H,27,29,32);2-4,6,8,12H,5,7,9H2,1H3,(H,17,18);1-2H,(H2,9,11)/t14-;12-;/m00./s1. The number of nitrogen functional groups attached to an aromatic ring is 1. The van der Waals surface area contributed by atoms with E-state index in [4.69, 9.17) is 15.7 Å². The average Bonchev–Trinajstić information content (AvgIpc) is 3.84. The number of pyridine rings is 4. The Morgan fingerprint density at radius 1 is 0.710 bits per heavy atom. The highest BCUT2D eigenvalue weighted by Crippen LogP contribution is 2.41. The van der Waals surface area contributed by atoms with Crippen molar-refractivity contribution in [1.82, 2.24) is 39.9 Å². The summed E-state index contributed by atoms with van der Waals surface area (Å²) in [7, 11) is 0. The van der Waals surface area contributed by atoms with Crippen LogP contribution in [0.4, 0.5) is 65.8 Å². The molecule has 6 aromatic heterocycles. The minimum Gasteiger partial charge on any atom is -0.382 e. The number of aryl methyl sites for hydroxylation is 2. The molecule has 0 unspecified atom stereocenters. The Morgan fingerprint density at radius 2 is 1.31 bits per heavy atom. The Labute approximate surface area is 350 Å². The fraction of sp³-hybridized carbons (Fsp3) is 0.293. The molecule has 2 amide bonds. The zero-order valence-electron chi connectivity index (χ0n) is 33.2. The van der Waals surface area contributed by atoms with Crippen LogP contribution in [0, 0.1) is 13.8 Å². The monoisotopic (exact) mass is 856 g/mol. The van der Waals surface area contributed by atoms with E-state index >= 15 is 0 Å². The van der Waals surface area contributed by atoms with E-state index in [0.29, 0.717) is 36.5 Å². The second-order valence-electron chi connectivity index (χ2n) is 14.8. The molecule has 2 saturated heterocycles. The fourth-order valence-electron chi connectivity index (χ4n) is 7.50. The minimum absolute atomic E-state index is 0.0296. The molecule has 0 aliphatic carbocycles. The molecule has 4 bridgehead atoms. The number of anilines is 6. The number of amides is 2. The summed E-state index contributed by atoms with van der Waals surface area (Å²) in [5, 5.41) is 6.10. The van der Waals surface area contributed by atoms with Crippen molar-refractivity contribution < 1.29 is 31.1 Å². The van der Waals surface area contributed by atoms with Gasteiger partial charge in [-0.05, 0) is 75.2 Å². The highest BCUT2D eigenvalue weighted by atomic mass is 19.4. The van der Waals surface area contributed by atoms with Crippen molar-refractivity contribution in [3.8, 4) is 22.5 Å². The lowest BCUT2D eigenvalue weighted by Gasteiger charge is -2.35. The van der Waals surface area contributed by atoms with Gasteiger partial charge in [0.1, 0.15) is 5.82 Å². The van der Waals surface area contributed by atoms with Crippen LogP contribution in [0.3, 0.4) is 0 Å². The summed E-state index contributed by atoms with van der Waals surface area (Å²) < 4.78 is 73.5. The molecule has 4 aliphatic rings. The molecule has 15 nitrogen and oxygen atoms in total. The van der Waals surface area contributed by atoms with Crippen LogP contribution in [0.25, 0.3) is 22.5 Å². The van der Waals surface area contributed by atoms with Crippen LogP contribution in [-0.4, -0.2) is 84.2 Å². The van der Waals surface area contributed by atoms with Crippen LogP contribution in [0.2, 0.25) is 0 Å². The Hall–Kier alpha value is -7.19. The van der Waals surface area contributed by atoms with Crippen molar-refractivity contribution in [2.45, 2.75) is 51.1 Å². The van der Waals surface area contributed by atoms with Crippen molar-refractivity contribution in [2.75, 3.05) is 57.2 Å². The first-order valence-electron chi connectivity index (χ1n) is 19.4. The Kier molecular flexibility index (Phi) is 11.2. The number of rotatable bonds is 3. The second kappa shape index (κ2) is 16.7. The summed E-state index contributed by atoms with van der Waals surface area (Å²) in [6.07, 6.45) is -0.583. The molecule has 2 fully saturated rings. The van der Waals surface area contributed by atoms with Crippen LogP contribution >= 0.6 is 0 Å². The molecule has 6 aromatic rings. The van der Waals surface area contributed by atoms with Gasteiger partial charge in [0.2, 0.25) is 0 Å². The Morgan fingerprint density at radius 3 is 1.90 bits per heavy atom.